The SMILES string of the molecule is CC1(C)CCC[C@]2(C)C[C@@H](CC(=O)N3CCOCC3)[C@@](C)(O)C[C@@H]12. The Hall–Kier alpha value is -0.610. The molecule has 0 aromatic rings. The van der Waals surface area contributed by atoms with Gasteiger partial charge in [-0.3, -0.25) is 4.79 Å². The van der Waals surface area contributed by atoms with E-state index in [-0.39, 0.29) is 22.7 Å². The third-order valence-corrected chi connectivity index (χ3v) is 7.35. The zero-order valence-electron chi connectivity index (χ0n) is 15.9. The van der Waals surface area contributed by atoms with Gasteiger partial charge in [-0.05, 0) is 55.3 Å². The average Bonchev–Trinajstić information content (AvgIpc) is 2.50. The number of hydrogen-bond donors (Lipinski definition) is 1. The number of morpholine rings is 1. The third-order valence-electron chi connectivity index (χ3n) is 7.35. The van der Waals surface area contributed by atoms with E-state index in [0.717, 1.165) is 12.8 Å². The van der Waals surface area contributed by atoms with Gasteiger partial charge in [-0.15, -0.1) is 0 Å². The molecule has 1 heterocycles. The molecular weight excluding hydrogens is 302 g/mol. The highest BCUT2D eigenvalue weighted by atomic mass is 16.5. The molecule has 0 radical (unpaired) electrons. The van der Waals surface area contributed by atoms with Crippen molar-refractivity contribution < 1.29 is 14.6 Å². The fourth-order valence-electron chi connectivity index (χ4n) is 5.81. The van der Waals surface area contributed by atoms with Crippen LogP contribution in [0.2, 0.25) is 0 Å². The predicted octanol–water partition coefficient (Wildman–Crippen LogP) is 3.23. The van der Waals surface area contributed by atoms with E-state index in [1.165, 1.54) is 19.3 Å². The molecule has 1 aliphatic heterocycles. The lowest BCUT2D eigenvalue weighted by Gasteiger charge is -2.59. The molecule has 3 fully saturated rings. The Labute approximate surface area is 146 Å². The molecule has 0 spiro atoms. The Morgan fingerprint density at radius 3 is 2.46 bits per heavy atom. The minimum Gasteiger partial charge on any atom is -0.390 e. The summed E-state index contributed by atoms with van der Waals surface area (Å²) in [6.45, 7) is 11.8. The van der Waals surface area contributed by atoms with E-state index < -0.39 is 5.60 Å². The van der Waals surface area contributed by atoms with Gasteiger partial charge >= 0.3 is 0 Å². The average molecular weight is 338 g/mol. The number of amides is 1. The minimum absolute atomic E-state index is 0.0722. The molecule has 1 saturated heterocycles. The van der Waals surface area contributed by atoms with Crippen molar-refractivity contribution in [2.24, 2.45) is 22.7 Å². The smallest absolute Gasteiger partial charge is 0.223 e. The first-order valence-electron chi connectivity index (χ1n) is 9.72. The van der Waals surface area contributed by atoms with Crippen LogP contribution in [-0.4, -0.2) is 47.8 Å². The quantitative estimate of drug-likeness (QED) is 0.841. The summed E-state index contributed by atoms with van der Waals surface area (Å²) in [5.74, 6) is 0.812. The summed E-state index contributed by atoms with van der Waals surface area (Å²) in [6, 6.07) is 0. The van der Waals surface area contributed by atoms with Gasteiger partial charge in [0.1, 0.15) is 0 Å². The zero-order chi connectivity index (χ0) is 17.6. The molecule has 0 bridgehead atoms. The van der Waals surface area contributed by atoms with Gasteiger partial charge in [0, 0.05) is 19.5 Å². The Kier molecular flexibility index (Phi) is 4.76. The van der Waals surface area contributed by atoms with Crippen LogP contribution in [0.25, 0.3) is 0 Å². The summed E-state index contributed by atoms with van der Waals surface area (Å²) in [6.07, 6.45) is 6.05. The number of aliphatic hydroxyl groups is 1. The molecule has 138 valence electrons. The highest BCUT2D eigenvalue weighted by molar-refractivity contribution is 5.76. The van der Waals surface area contributed by atoms with Gasteiger partial charge in [0.25, 0.3) is 0 Å². The van der Waals surface area contributed by atoms with Gasteiger partial charge in [-0.2, -0.15) is 0 Å². The number of rotatable bonds is 2. The van der Waals surface area contributed by atoms with Crippen molar-refractivity contribution in [3.05, 3.63) is 0 Å². The van der Waals surface area contributed by atoms with Crippen LogP contribution in [0.1, 0.15) is 66.2 Å². The van der Waals surface area contributed by atoms with Crippen LogP contribution < -0.4 is 0 Å². The van der Waals surface area contributed by atoms with Crippen molar-refractivity contribution in [1.82, 2.24) is 4.90 Å². The first-order valence-corrected chi connectivity index (χ1v) is 9.72. The summed E-state index contributed by atoms with van der Waals surface area (Å²) in [5.41, 5.74) is -0.184. The Morgan fingerprint density at radius 1 is 1.12 bits per heavy atom. The van der Waals surface area contributed by atoms with Crippen molar-refractivity contribution in [3.8, 4) is 0 Å². The second-order valence-electron chi connectivity index (χ2n) is 9.71. The molecule has 1 N–H and O–H groups in total. The molecule has 4 atom stereocenters. The van der Waals surface area contributed by atoms with E-state index in [0.29, 0.717) is 38.6 Å². The molecule has 2 aliphatic carbocycles. The topological polar surface area (TPSA) is 49.8 Å². The molecule has 1 amide bonds. The second-order valence-corrected chi connectivity index (χ2v) is 9.71. The summed E-state index contributed by atoms with van der Waals surface area (Å²) in [7, 11) is 0. The first-order chi connectivity index (χ1) is 11.1. The summed E-state index contributed by atoms with van der Waals surface area (Å²) in [5, 5.41) is 11.2. The van der Waals surface area contributed by atoms with Crippen LogP contribution in [-0.2, 0) is 9.53 Å². The monoisotopic (exact) mass is 337 g/mol. The fourth-order valence-corrected chi connectivity index (χ4v) is 5.81. The lowest BCUT2D eigenvalue weighted by Crippen LogP contribution is -2.55. The second kappa shape index (κ2) is 6.28. The van der Waals surface area contributed by atoms with Crippen molar-refractivity contribution in [1.29, 1.82) is 0 Å². The standard InChI is InChI=1S/C20H35NO3/c1-18(2)6-5-7-19(3)13-15(20(4,23)14-16(18)19)12-17(22)21-8-10-24-11-9-21/h15-16,23H,5-14H2,1-4H3/t15-,16+,19-,20+/m1/s1. The van der Waals surface area contributed by atoms with E-state index in [4.69, 9.17) is 4.74 Å². The van der Waals surface area contributed by atoms with Gasteiger partial charge in [-0.25, -0.2) is 0 Å². The first kappa shape index (κ1) is 18.2. The normalized spacial score (nSPS) is 42.5. The van der Waals surface area contributed by atoms with Crippen LogP contribution in [0, 0.1) is 22.7 Å². The number of carbonyl (C=O) groups excluding carboxylic acids is 1. The van der Waals surface area contributed by atoms with Crippen LogP contribution in [0.4, 0.5) is 0 Å². The zero-order valence-corrected chi connectivity index (χ0v) is 15.9. The molecule has 3 aliphatic rings. The van der Waals surface area contributed by atoms with E-state index >= 15 is 0 Å². The molecular formula is C20H35NO3. The highest BCUT2D eigenvalue weighted by Gasteiger charge is 2.55. The predicted molar refractivity (Wildman–Crippen MR) is 94.6 cm³/mol. The summed E-state index contributed by atoms with van der Waals surface area (Å²) >= 11 is 0. The Morgan fingerprint density at radius 2 is 1.79 bits per heavy atom. The molecule has 3 rings (SSSR count). The Bertz CT molecular complexity index is 481. The van der Waals surface area contributed by atoms with Crippen LogP contribution in [0.5, 0.6) is 0 Å². The lowest BCUT2D eigenvalue weighted by atomic mass is 9.47. The van der Waals surface area contributed by atoms with Crippen LogP contribution in [0.3, 0.4) is 0 Å². The third kappa shape index (κ3) is 3.37. The van der Waals surface area contributed by atoms with Crippen LogP contribution >= 0.6 is 0 Å². The van der Waals surface area contributed by atoms with E-state index in [1.807, 2.05) is 11.8 Å². The van der Waals surface area contributed by atoms with Gasteiger partial charge in [-0.1, -0.05) is 27.2 Å². The van der Waals surface area contributed by atoms with Gasteiger partial charge < -0.3 is 14.7 Å². The van der Waals surface area contributed by atoms with Crippen molar-refractivity contribution in [3.63, 3.8) is 0 Å². The van der Waals surface area contributed by atoms with Gasteiger partial charge in [0.05, 0.1) is 18.8 Å². The molecule has 24 heavy (non-hydrogen) atoms. The fraction of sp³-hybridized carbons (Fsp3) is 0.950. The van der Waals surface area contributed by atoms with Crippen LogP contribution in [0.15, 0.2) is 0 Å². The highest BCUT2D eigenvalue weighted by Crippen LogP contribution is 2.61. The number of nitrogens with zero attached hydrogens (tertiary/aromatic N) is 1. The summed E-state index contributed by atoms with van der Waals surface area (Å²) in [4.78, 5) is 14.6. The maximum Gasteiger partial charge on any atom is 0.223 e. The molecule has 4 nitrogen and oxygen atoms in total. The van der Waals surface area contributed by atoms with Crippen molar-refractivity contribution in [2.75, 3.05) is 26.3 Å². The molecule has 4 heteroatoms. The van der Waals surface area contributed by atoms with E-state index in [2.05, 4.69) is 20.8 Å². The van der Waals surface area contributed by atoms with Gasteiger partial charge in [0.15, 0.2) is 0 Å². The van der Waals surface area contributed by atoms with E-state index in [1.54, 1.807) is 0 Å². The van der Waals surface area contributed by atoms with Crippen molar-refractivity contribution in [2.45, 2.75) is 71.8 Å². The minimum atomic E-state index is -0.735. The van der Waals surface area contributed by atoms with Gasteiger partial charge in [0.2, 0.25) is 5.91 Å². The van der Waals surface area contributed by atoms with E-state index in [9.17, 15) is 9.90 Å². The largest absolute Gasteiger partial charge is 0.390 e. The molecule has 0 aromatic heterocycles. The molecule has 0 aromatic carbocycles. The number of fused-ring (bicyclic) bond motifs is 1. The maximum atomic E-state index is 12.7. The number of ether oxygens (including phenoxy) is 1. The number of carbonyl (C=O) groups is 1. The lowest BCUT2D eigenvalue weighted by molar-refractivity contribution is -0.160. The van der Waals surface area contributed by atoms with Crippen molar-refractivity contribution >= 4 is 5.91 Å². The maximum absolute atomic E-state index is 12.7. The molecule has 2 saturated carbocycles. The Balaban J connectivity index is 1.73. The summed E-state index contributed by atoms with van der Waals surface area (Å²) < 4.78 is 5.35. The number of hydrogen-bond acceptors (Lipinski definition) is 3. The molecule has 0 unspecified atom stereocenters.